The van der Waals surface area contributed by atoms with Crippen LogP contribution in [0.5, 0.6) is 0 Å². The fourth-order valence-corrected chi connectivity index (χ4v) is 4.19. The molecule has 0 radical (unpaired) electrons. The van der Waals surface area contributed by atoms with Crippen LogP contribution in [0.1, 0.15) is 106 Å². The van der Waals surface area contributed by atoms with Crippen LogP contribution < -0.4 is 0 Å². The summed E-state index contributed by atoms with van der Waals surface area (Å²) in [5.41, 5.74) is 0. The second-order valence-electron chi connectivity index (χ2n) is 7.48. The Kier molecular flexibility index (Phi) is 40.1. The predicted octanol–water partition coefficient (Wildman–Crippen LogP) is 8.45. The molecule has 0 N–H and O–H groups in total. The molecule has 0 aliphatic rings. The first-order valence-corrected chi connectivity index (χ1v) is 15.2. The normalized spacial score (nSPS) is 10.5. The van der Waals surface area contributed by atoms with Gasteiger partial charge in [0.2, 0.25) is 0 Å². The quantitative estimate of drug-likeness (QED) is 0.0911. The third-order valence-corrected chi connectivity index (χ3v) is 5.78. The summed E-state index contributed by atoms with van der Waals surface area (Å²) in [5.74, 6) is 0. The van der Waals surface area contributed by atoms with Gasteiger partial charge in [-0.1, -0.05) is 99.6 Å². The highest BCUT2D eigenvalue weighted by molar-refractivity contribution is 14.1. The maximum absolute atomic E-state index is 2.54. The van der Waals surface area contributed by atoms with Gasteiger partial charge < -0.3 is 9.80 Å². The van der Waals surface area contributed by atoms with Gasteiger partial charge in [0.05, 0.1) is 0 Å². The van der Waals surface area contributed by atoms with Gasteiger partial charge in [-0.05, 0) is 99.5 Å². The lowest BCUT2D eigenvalue weighted by molar-refractivity contribution is 0.275. The van der Waals surface area contributed by atoms with Crippen molar-refractivity contribution in [2.75, 3.05) is 48.1 Å². The van der Waals surface area contributed by atoms with Crippen LogP contribution in [0.4, 0.5) is 0 Å². The molecule has 0 unspecified atom stereocenters. The Bertz CT molecular complexity index is 188. The van der Waals surface area contributed by atoms with Crippen LogP contribution in [-0.4, -0.2) is 57.9 Å². The Morgan fingerprint density at radius 3 is 0.750 bits per heavy atom. The van der Waals surface area contributed by atoms with Crippen LogP contribution in [-0.2, 0) is 0 Å². The van der Waals surface area contributed by atoms with Gasteiger partial charge in [-0.15, -0.1) is 0 Å². The molecule has 0 bridgehead atoms. The molecule has 0 saturated heterocycles. The minimum absolute atomic E-state index is 1.28. The molecule has 0 fully saturated rings. The number of hydrogen-bond donors (Lipinski definition) is 0. The maximum Gasteiger partial charge on any atom is -0.000473 e. The lowest BCUT2D eigenvalue weighted by Crippen LogP contribution is -2.26. The van der Waals surface area contributed by atoms with Gasteiger partial charge in [0.15, 0.2) is 0 Å². The maximum atomic E-state index is 2.54. The summed E-state index contributed by atoms with van der Waals surface area (Å²) in [6.45, 7) is 21.2. The molecule has 0 amide bonds. The molecule has 0 rings (SSSR count). The third-order valence-electron chi connectivity index (χ3n) is 4.26. The molecule has 0 atom stereocenters. The van der Waals surface area contributed by atoms with Crippen molar-refractivity contribution < 1.29 is 0 Å². The zero-order valence-electron chi connectivity index (χ0n) is 20.4. The molecule has 0 aliphatic carbocycles. The van der Waals surface area contributed by atoms with Crippen LogP contribution in [0, 0.1) is 0 Å². The van der Waals surface area contributed by atoms with Crippen molar-refractivity contribution in [3.8, 4) is 0 Å². The van der Waals surface area contributed by atoms with Gasteiger partial charge in [0.1, 0.15) is 0 Å². The van der Waals surface area contributed by atoms with E-state index in [1.807, 2.05) is 0 Å². The monoisotopic (exact) mass is 624 g/mol. The van der Waals surface area contributed by atoms with Crippen molar-refractivity contribution in [1.82, 2.24) is 9.80 Å². The van der Waals surface area contributed by atoms with Crippen LogP contribution >= 0.6 is 45.2 Å². The molecule has 0 aromatic carbocycles. The first-order chi connectivity index (χ1) is 13.6. The number of hydrogen-bond acceptors (Lipinski definition) is 2. The SMILES string of the molecule is CCCN(CCC)CCC.CCCN(CCC)CCC.ICCCCCCI. The lowest BCUT2D eigenvalue weighted by Gasteiger charge is -2.19. The van der Waals surface area contributed by atoms with E-state index in [2.05, 4.69) is 96.5 Å². The molecule has 0 aromatic rings. The Morgan fingerprint density at radius 1 is 0.393 bits per heavy atom. The van der Waals surface area contributed by atoms with E-state index in [-0.39, 0.29) is 0 Å². The van der Waals surface area contributed by atoms with Crippen LogP contribution in [0.25, 0.3) is 0 Å². The molecule has 174 valence electrons. The highest BCUT2D eigenvalue weighted by Crippen LogP contribution is 2.03. The van der Waals surface area contributed by atoms with Crippen molar-refractivity contribution in [3.63, 3.8) is 0 Å². The molecule has 28 heavy (non-hydrogen) atoms. The fraction of sp³-hybridized carbons (Fsp3) is 1.00. The van der Waals surface area contributed by atoms with Crippen molar-refractivity contribution >= 4 is 45.2 Å². The molecule has 0 heterocycles. The molecule has 0 saturated carbocycles. The van der Waals surface area contributed by atoms with Crippen molar-refractivity contribution in [3.05, 3.63) is 0 Å². The van der Waals surface area contributed by atoms with E-state index in [0.29, 0.717) is 0 Å². The van der Waals surface area contributed by atoms with Gasteiger partial charge in [0.25, 0.3) is 0 Å². The minimum atomic E-state index is 1.28. The number of unbranched alkanes of at least 4 members (excludes halogenated alkanes) is 3. The summed E-state index contributed by atoms with van der Waals surface area (Å²) in [4.78, 5) is 5.08. The first kappa shape index (κ1) is 34.0. The van der Waals surface area contributed by atoms with E-state index < -0.39 is 0 Å². The van der Waals surface area contributed by atoms with E-state index in [1.165, 1.54) is 112 Å². The van der Waals surface area contributed by atoms with Gasteiger partial charge in [0, 0.05) is 0 Å². The average Bonchev–Trinajstić information content (AvgIpc) is 2.68. The third kappa shape index (κ3) is 32.1. The summed E-state index contributed by atoms with van der Waals surface area (Å²) < 4.78 is 2.66. The molecule has 4 heteroatoms. The van der Waals surface area contributed by atoms with Crippen LogP contribution in [0.3, 0.4) is 0 Å². The summed E-state index contributed by atoms with van der Waals surface area (Å²) in [5, 5.41) is 0. The standard InChI is InChI=1S/2C9H21N.C6H12I2/c2*1-4-7-10(8-5-2)9-6-3;7-5-3-1-2-4-6-8/h2*4-9H2,1-3H3;1-6H2. The van der Waals surface area contributed by atoms with Gasteiger partial charge in [-0.25, -0.2) is 0 Å². The first-order valence-electron chi connectivity index (χ1n) is 12.2. The Balaban J connectivity index is -0.000000337. The van der Waals surface area contributed by atoms with Crippen molar-refractivity contribution in [1.29, 1.82) is 0 Å². The summed E-state index contributed by atoms with van der Waals surface area (Å²) in [6.07, 6.45) is 13.5. The van der Waals surface area contributed by atoms with Gasteiger partial charge >= 0.3 is 0 Å². The highest BCUT2D eigenvalue weighted by atomic mass is 127. The highest BCUT2D eigenvalue weighted by Gasteiger charge is 1.99. The largest absolute Gasteiger partial charge is 0.303 e. The molecule has 2 nitrogen and oxygen atoms in total. The molecular weight excluding hydrogens is 570 g/mol. The summed E-state index contributed by atoms with van der Waals surface area (Å²) in [6, 6.07) is 0. The molecular formula is C24H54I2N2. The number of alkyl halides is 2. The smallest absolute Gasteiger partial charge is 0.000473 e. The average molecular weight is 625 g/mol. The van der Waals surface area contributed by atoms with Crippen LogP contribution in [0.15, 0.2) is 0 Å². The van der Waals surface area contributed by atoms with Gasteiger partial charge in [-0.2, -0.15) is 0 Å². The van der Waals surface area contributed by atoms with Crippen molar-refractivity contribution in [2.24, 2.45) is 0 Å². The molecule has 0 aliphatic heterocycles. The summed E-state index contributed by atoms with van der Waals surface area (Å²) >= 11 is 4.87. The minimum Gasteiger partial charge on any atom is -0.303 e. The Labute approximate surface area is 207 Å². The number of halogens is 2. The fourth-order valence-electron chi connectivity index (χ4n) is 3.11. The topological polar surface area (TPSA) is 6.48 Å². The zero-order chi connectivity index (χ0) is 21.9. The van der Waals surface area contributed by atoms with E-state index >= 15 is 0 Å². The van der Waals surface area contributed by atoms with E-state index in [4.69, 9.17) is 0 Å². The molecule has 0 aromatic heterocycles. The summed E-state index contributed by atoms with van der Waals surface area (Å²) in [7, 11) is 0. The molecule has 0 spiro atoms. The van der Waals surface area contributed by atoms with E-state index in [1.54, 1.807) is 0 Å². The second kappa shape index (κ2) is 33.0. The lowest BCUT2D eigenvalue weighted by atomic mass is 10.2. The van der Waals surface area contributed by atoms with Crippen molar-refractivity contribution in [2.45, 2.75) is 106 Å². The Morgan fingerprint density at radius 2 is 0.607 bits per heavy atom. The predicted molar refractivity (Wildman–Crippen MR) is 151 cm³/mol. The zero-order valence-corrected chi connectivity index (χ0v) is 24.7. The Hall–Kier alpha value is 1.38. The van der Waals surface area contributed by atoms with E-state index in [0.717, 1.165) is 0 Å². The second-order valence-corrected chi connectivity index (χ2v) is 9.63. The van der Waals surface area contributed by atoms with Gasteiger partial charge in [-0.3, -0.25) is 0 Å². The van der Waals surface area contributed by atoms with E-state index in [9.17, 15) is 0 Å². The number of rotatable bonds is 17. The van der Waals surface area contributed by atoms with Crippen LogP contribution in [0.2, 0.25) is 0 Å². The number of nitrogens with zero attached hydrogens (tertiary/aromatic N) is 2.